The van der Waals surface area contributed by atoms with Crippen molar-refractivity contribution in [1.82, 2.24) is 4.98 Å². The van der Waals surface area contributed by atoms with Gasteiger partial charge in [0.15, 0.2) is 28.6 Å². The molecule has 0 spiro atoms. The molecule has 0 N–H and O–H groups in total. The molecular weight excluding hydrogens is 470 g/mol. The van der Waals surface area contributed by atoms with Crippen LogP contribution in [0, 0.1) is 0 Å². The Morgan fingerprint density at radius 2 is 1.29 bits per heavy atom. The zero-order chi connectivity index (χ0) is 25.4. The minimum Gasteiger partial charge on any atom is -0.450 e. The van der Waals surface area contributed by atoms with Gasteiger partial charge in [0, 0.05) is 11.0 Å². The smallest absolute Gasteiger partial charge is 0.227 e. The number of oxazole rings is 1. The lowest BCUT2D eigenvalue weighted by molar-refractivity contribution is 0.359. The van der Waals surface area contributed by atoms with Crippen LogP contribution in [0.25, 0.3) is 44.8 Å². The molecule has 0 unspecified atom stereocenters. The third-order valence-electron chi connectivity index (χ3n) is 7.77. The van der Waals surface area contributed by atoms with Crippen LogP contribution in [0.4, 0.5) is 0 Å². The molecule has 0 fully saturated rings. The Bertz CT molecular complexity index is 1880. The molecule has 2 heterocycles. The fraction of sp³-hybridized carbons (Fsp3) is 0.0882. The summed E-state index contributed by atoms with van der Waals surface area (Å²) in [5.41, 5.74) is 9.60. The molecule has 4 heteroatoms. The first-order valence-corrected chi connectivity index (χ1v) is 12.8. The van der Waals surface area contributed by atoms with Crippen molar-refractivity contribution in [3.8, 4) is 56.7 Å². The molecule has 0 saturated heterocycles. The third-order valence-corrected chi connectivity index (χ3v) is 7.77. The molecule has 5 aromatic carbocycles. The second-order valence-electron chi connectivity index (χ2n) is 10.4. The van der Waals surface area contributed by atoms with Crippen molar-refractivity contribution in [2.24, 2.45) is 0 Å². The van der Waals surface area contributed by atoms with Gasteiger partial charge >= 0.3 is 0 Å². The Morgan fingerprint density at radius 3 is 2.21 bits per heavy atom. The lowest BCUT2D eigenvalue weighted by atomic mass is 9.82. The van der Waals surface area contributed by atoms with Gasteiger partial charge in [0.05, 0.1) is 0 Å². The molecule has 1 aliphatic carbocycles. The lowest BCUT2D eigenvalue weighted by Gasteiger charge is -2.25. The summed E-state index contributed by atoms with van der Waals surface area (Å²) >= 11 is 0. The second kappa shape index (κ2) is 7.59. The monoisotopic (exact) mass is 493 g/mol. The van der Waals surface area contributed by atoms with Gasteiger partial charge in [0.2, 0.25) is 5.89 Å². The molecule has 2 aliphatic rings. The van der Waals surface area contributed by atoms with Gasteiger partial charge in [-0.3, -0.25) is 0 Å². The number of para-hydroxylation sites is 2. The van der Waals surface area contributed by atoms with E-state index in [2.05, 4.69) is 73.4 Å². The Labute approximate surface area is 220 Å². The van der Waals surface area contributed by atoms with Crippen LogP contribution < -0.4 is 9.47 Å². The summed E-state index contributed by atoms with van der Waals surface area (Å²) in [7, 11) is 0. The maximum atomic E-state index is 6.45. The van der Waals surface area contributed by atoms with Gasteiger partial charge in [-0.05, 0) is 81.9 Å². The van der Waals surface area contributed by atoms with Gasteiger partial charge in [0.1, 0.15) is 5.52 Å². The summed E-state index contributed by atoms with van der Waals surface area (Å²) in [6.07, 6.45) is 0. The molecule has 6 aromatic rings. The SMILES string of the molecule is CC1(C)c2ccccc2-c2cc3c(cc21)Oc1ccc(-c2cccc(-c4nc5ccccc5o4)c2)cc1O3. The van der Waals surface area contributed by atoms with Crippen molar-refractivity contribution in [3.05, 3.63) is 114 Å². The number of nitrogens with zero attached hydrogens (tertiary/aromatic N) is 1. The van der Waals surface area contributed by atoms with Gasteiger partial charge < -0.3 is 13.9 Å². The van der Waals surface area contributed by atoms with E-state index in [0.717, 1.165) is 39.3 Å². The van der Waals surface area contributed by atoms with Crippen LogP contribution in [0.15, 0.2) is 108 Å². The third kappa shape index (κ3) is 3.07. The second-order valence-corrected chi connectivity index (χ2v) is 10.4. The molecule has 4 nitrogen and oxygen atoms in total. The summed E-state index contributed by atoms with van der Waals surface area (Å²) in [5, 5.41) is 0. The Morgan fingerprint density at radius 1 is 0.553 bits per heavy atom. The van der Waals surface area contributed by atoms with E-state index in [1.165, 1.54) is 22.3 Å². The average Bonchev–Trinajstić information content (AvgIpc) is 3.48. The van der Waals surface area contributed by atoms with Crippen molar-refractivity contribution in [2.75, 3.05) is 0 Å². The number of aromatic nitrogens is 1. The van der Waals surface area contributed by atoms with Crippen molar-refractivity contribution < 1.29 is 13.9 Å². The standard InChI is InChI=1S/C34H23NO3/c1-34(2)25-11-4-3-10-23(25)24-18-31-32(19-26(24)34)36-29-15-14-21(17-30(29)37-31)20-8-7-9-22(16-20)33-35-27-12-5-6-13-28(27)38-33/h3-19H,1-2H3. The van der Waals surface area contributed by atoms with Crippen molar-refractivity contribution in [3.63, 3.8) is 0 Å². The van der Waals surface area contributed by atoms with E-state index in [-0.39, 0.29) is 5.41 Å². The molecule has 0 bridgehead atoms. The van der Waals surface area contributed by atoms with Crippen LogP contribution in [0.1, 0.15) is 25.0 Å². The maximum absolute atomic E-state index is 6.45. The topological polar surface area (TPSA) is 44.5 Å². The number of hydrogen-bond acceptors (Lipinski definition) is 4. The van der Waals surface area contributed by atoms with E-state index in [9.17, 15) is 0 Å². The largest absolute Gasteiger partial charge is 0.450 e. The molecule has 182 valence electrons. The predicted molar refractivity (Wildman–Crippen MR) is 149 cm³/mol. The van der Waals surface area contributed by atoms with Crippen LogP contribution in [0.2, 0.25) is 0 Å². The van der Waals surface area contributed by atoms with Crippen molar-refractivity contribution >= 4 is 11.1 Å². The minimum absolute atomic E-state index is 0.0891. The summed E-state index contributed by atoms with van der Waals surface area (Å²) in [6, 6.07) is 35.0. The number of ether oxygens (including phenoxy) is 2. The first kappa shape index (κ1) is 21.3. The molecule has 38 heavy (non-hydrogen) atoms. The van der Waals surface area contributed by atoms with Crippen LogP contribution in [-0.4, -0.2) is 4.98 Å². The van der Waals surface area contributed by atoms with Crippen LogP contribution in [0.5, 0.6) is 23.0 Å². The average molecular weight is 494 g/mol. The normalized spacial score (nSPS) is 14.2. The highest BCUT2D eigenvalue weighted by atomic mass is 16.6. The number of hydrogen-bond donors (Lipinski definition) is 0. The van der Waals surface area contributed by atoms with Gasteiger partial charge in [-0.1, -0.05) is 68.4 Å². The number of benzene rings is 5. The van der Waals surface area contributed by atoms with E-state index in [4.69, 9.17) is 13.9 Å². The Hall–Kier alpha value is -4.83. The number of rotatable bonds is 2. The molecule has 1 aliphatic heterocycles. The molecule has 8 rings (SSSR count). The Balaban J connectivity index is 1.16. The van der Waals surface area contributed by atoms with E-state index in [1.54, 1.807) is 0 Å². The highest BCUT2D eigenvalue weighted by molar-refractivity contribution is 5.84. The Kier molecular flexibility index (Phi) is 4.25. The molecule has 1 aromatic heterocycles. The lowest BCUT2D eigenvalue weighted by Crippen LogP contribution is -2.15. The van der Waals surface area contributed by atoms with E-state index >= 15 is 0 Å². The zero-order valence-electron chi connectivity index (χ0n) is 21.0. The van der Waals surface area contributed by atoms with Gasteiger partial charge in [-0.25, -0.2) is 4.98 Å². The van der Waals surface area contributed by atoms with Crippen LogP contribution >= 0.6 is 0 Å². The van der Waals surface area contributed by atoms with Crippen LogP contribution in [-0.2, 0) is 5.41 Å². The number of fused-ring (bicyclic) bond motifs is 6. The minimum atomic E-state index is -0.0891. The first-order chi connectivity index (χ1) is 18.5. The summed E-state index contributed by atoms with van der Waals surface area (Å²) in [4.78, 5) is 4.66. The fourth-order valence-electron chi connectivity index (χ4n) is 5.78. The van der Waals surface area contributed by atoms with E-state index in [0.29, 0.717) is 17.4 Å². The van der Waals surface area contributed by atoms with Crippen LogP contribution in [0.3, 0.4) is 0 Å². The maximum Gasteiger partial charge on any atom is 0.227 e. The highest BCUT2D eigenvalue weighted by Gasteiger charge is 2.37. The zero-order valence-corrected chi connectivity index (χ0v) is 21.0. The summed E-state index contributed by atoms with van der Waals surface area (Å²) in [6.45, 7) is 4.53. The van der Waals surface area contributed by atoms with Gasteiger partial charge in [-0.2, -0.15) is 0 Å². The molecule has 0 radical (unpaired) electrons. The first-order valence-electron chi connectivity index (χ1n) is 12.8. The van der Waals surface area contributed by atoms with E-state index < -0.39 is 0 Å². The summed E-state index contributed by atoms with van der Waals surface area (Å²) in [5.74, 6) is 3.51. The molecular formula is C34H23NO3. The molecule has 0 saturated carbocycles. The van der Waals surface area contributed by atoms with Crippen molar-refractivity contribution in [2.45, 2.75) is 19.3 Å². The fourth-order valence-corrected chi connectivity index (χ4v) is 5.78. The summed E-state index contributed by atoms with van der Waals surface area (Å²) < 4.78 is 18.8. The van der Waals surface area contributed by atoms with Gasteiger partial charge in [-0.15, -0.1) is 0 Å². The quantitative estimate of drug-likeness (QED) is 0.241. The van der Waals surface area contributed by atoms with Crippen molar-refractivity contribution in [1.29, 1.82) is 0 Å². The predicted octanol–water partition coefficient (Wildman–Crippen LogP) is 9.37. The molecule has 0 atom stereocenters. The molecule has 0 amide bonds. The highest BCUT2D eigenvalue weighted by Crippen LogP contribution is 2.55. The van der Waals surface area contributed by atoms with Gasteiger partial charge in [0.25, 0.3) is 0 Å². The van der Waals surface area contributed by atoms with E-state index in [1.807, 2.05) is 48.5 Å².